The Morgan fingerprint density at radius 3 is 2.56 bits per heavy atom. The fourth-order valence-electron chi connectivity index (χ4n) is 3.47. The Balaban J connectivity index is 2.44. The van der Waals surface area contributed by atoms with E-state index in [0.29, 0.717) is 0 Å². The lowest BCUT2D eigenvalue weighted by Gasteiger charge is -2.22. The highest BCUT2D eigenvalue weighted by Gasteiger charge is 2.43. The summed E-state index contributed by atoms with van der Waals surface area (Å²) in [5.74, 6) is 0. The van der Waals surface area contributed by atoms with Crippen LogP contribution in [-0.2, 0) is 10.8 Å². The summed E-state index contributed by atoms with van der Waals surface area (Å²) in [6.45, 7) is 9.30. The minimum absolute atomic E-state index is 0.213. The number of pyridine rings is 1. The van der Waals surface area contributed by atoms with Crippen molar-refractivity contribution in [3.63, 3.8) is 0 Å². The molecule has 2 heteroatoms. The van der Waals surface area contributed by atoms with Crippen molar-refractivity contribution in [2.45, 2.75) is 44.9 Å². The van der Waals surface area contributed by atoms with Gasteiger partial charge in [-0.1, -0.05) is 33.8 Å². The van der Waals surface area contributed by atoms with Crippen molar-refractivity contribution in [3.05, 3.63) is 35.7 Å². The van der Waals surface area contributed by atoms with Crippen LogP contribution in [0.25, 0.3) is 5.52 Å². The lowest BCUT2D eigenvalue weighted by atomic mass is 9.82. The molecule has 0 aliphatic heterocycles. The van der Waals surface area contributed by atoms with Gasteiger partial charge in [0.05, 0.1) is 11.2 Å². The van der Waals surface area contributed by atoms with Gasteiger partial charge in [-0.15, -0.1) is 0 Å². The zero-order valence-corrected chi connectivity index (χ0v) is 10.4. The summed E-state index contributed by atoms with van der Waals surface area (Å²) in [7, 11) is 0. The van der Waals surface area contributed by atoms with Crippen LogP contribution in [0.5, 0.6) is 0 Å². The van der Waals surface area contributed by atoms with E-state index in [2.05, 4.69) is 55.5 Å². The largest absolute Gasteiger partial charge is 0.237 e. The molecule has 2 heterocycles. The molecule has 0 N–H and O–H groups in total. The third-order valence-corrected chi connectivity index (χ3v) is 3.81. The summed E-state index contributed by atoms with van der Waals surface area (Å²) in [6.07, 6.45) is 3.07. The van der Waals surface area contributed by atoms with Crippen molar-refractivity contribution < 1.29 is 0 Å². The molecule has 16 heavy (non-hydrogen) atoms. The first-order chi connectivity index (χ1) is 7.42. The monoisotopic (exact) mass is 214 g/mol. The van der Waals surface area contributed by atoms with Crippen molar-refractivity contribution in [3.8, 4) is 0 Å². The average Bonchev–Trinajstić information content (AvgIpc) is 2.66. The van der Waals surface area contributed by atoms with E-state index >= 15 is 0 Å². The Morgan fingerprint density at radius 2 is 1.81 bits per heavy atom. The van der Waals surface area contributed by atoms with Crippen LogP contribution in [0.2, 0.25) is 0 Å². The molecule has 0 atom stereocenters. The normalized spacial score (nSPS) is 21.2. The molecule has 1 aliphatic rings. The minimum atomic E-state index is 0.213. The second kappa shape index (κ2) is 2.68. The van der Waals surface area contributed by atoms with Crippen LogP contribution in [0.1, 0.15) is 45.4 Å². The third kappa shape index (κ3) is 1.10. The molecule has 2 aromatic heterocycles. The van der Waals surface area contributed by atoms with Gasteiger partial charge in [-0.05, 0) is 29.5 Å². The lowest BCUT2D eigenvalue weighted by molar-refractivity contribution is 0.396. The highest BCUT2D eigenvalue weighted by atomic mass is 15.2. The number of rotatable bonds is 0. The van der Waals surface area contributed by atoms with Crippen LogP contribution in [0.4, 0.5) is 0 Å². The highest BCUT2D eigenvalue weighted by molar-refractivity contribution is 5.53. The number of nitrogens with zero attached hydrogens (tertiary/aromatic N) is 2. The fraction of sp³-hybridized carbons (Fsp3) is 0.500. The summed E-state index contributed by atoms with van der Waals surface area (Å²) >= 11 is 0. The van der Waals surface area contributed by atoms with Crippen LogP contribution in [-0.4, -0.2) is 9.61 Å². The van der Waals surface area contributed by atoms with Gasteiger partial charge in [-0.2, -0.15) is 5.10 Å². The SMILES string of the molecule is CC1(C)CC(C)(C)c2c1ccc1ccnn21. The quantitative estimate of drug-likeness (QED) is 0.657. The standard InChI is InChI=1S/C14H18N2/c1-13(2)9-14(3,4)12-11(13)6-5-10-7-8-15-16(10)12/h5-8H,9H2,1-4H3. The summed E-state index contributed by atoms with van der Waals surface area (Å²) in [5.41, 5.74) is 4.52. The van der Waals surface area contributed by atoms with Crippen LogP contribution < -0.4 is 0 Å². The van der Waals surface area contributed by atoms with Gasteiger partial charge >= 0.3 is 0 Å². The Bertz CT molecular complexity index is 561. The van der Waals surface area contributed by atoms with E-state index in [9.17, 15) is 0 Å². The molecule has 0 unspecified atom stereocenters. The second-order valence-electron chi connectivity index (χ2n) is 6.21. The first kappa shape index (κ1) is 9.88. The Morgan fingerprint density at radius 1 is 1.06 bits per heavy atom. The van der Waals surface area contributed by atoms with Gasteiger partial charge in [0, 0.05) is 11.6 Å². The van der Waals surface area contributed by atoms with Gasteiger partial charge < -0.3 is 0 Å². The third-order valence-electron chi connectivity index (χ3n) is 3.81. The van der Waals surface area contributed by atoms with E-state index < -0.39 is 0 Å². The summed E-state index contributed by atoms with van der Waals surface area (Å²) in [4.78, 5) is 0. The van der Waals surface area contributed by atoms with E-state index in [1.807, 2.05) is 6.20 Å². The predicted octanol–water partition coefficient (Wildman–Crippen LogP) is 3.29. The van der Waals surface area contributed by atoms with E-state index in [-0.39, 0.29) is 10.8 Å². The number of fused-ring (bicyclic) bond motifs is 3. The molecule has 2 nitrogen and oxygen atoms in total. The smallest absolute Gasteiger partial charge is 0.0665 e. The Hall–Kier alpha value is -1.31. The van der Waals surface area contributed by atoms with Gasteiger partial charge in [0.15, 0.2) is 0 Å². The van der Waals surface area contributed by atoms with Gasteiger partial charge in [-0.3, -0.25) is 0 Å². The molecule has 1 aliphatic carbocycles. The number of hydrogen-bond acceptors (Lipinski definition) is 1. The molecule has 2 aromatic rings. The van der Waals surface area contributed by atoms with E-state index in [1.165, 1.54) is 23.2 Å². The molecule has 0 spiro atoms. The maximum atomic E-state index is 4.47. The molecule has 84 valence electrons. The van der Waals surface area contributed by atoms with E-state index in [0.717, 1.165) is 0 Å². The molecule has 0 bridgehead atoms. The van der Waals surface area contributed by atoms with Crippen LogP contribution >= 0.6 is 0 Å². The Labute approximate surface area is 96.3 Å². The zero-order chi connectivity index (χ0) is 11.6. The summed E-state index contributed by atoms with van der Waals surface area (Å²) in [5, 5.41) is 4.47. The maximum Gasteiger partial charge on any atom is 0.0665 e. The van der Waals surface area contributed by atoms with Crippen LogP contribution in [0, 0.1) is 0 Å². The number of aromatic nitrogens is 2. The fourth-order valence-corrected chi connectivity index (χ4v) is 3.47. The molecule has 0 aromatic carbocycles. The molecule has 0 radical (unpaired) electrons. The predicted molar refractivity (Wildman–Crippen MR) is 65.9 cm³/mol. The maximum absolute atomic E-state index is 4.47. The molecular weight excluding hydrogens is 196 g/mol. The van der Waals surface area contributed by atoms with E-state index in [4.69, 9.17) is 0 Å². The van der Waals surface area contributed by atoms with Crippen LogP contribution in [0.3, 0.4) is 0 Å². The Kier molecular flexibility index (Phi) is 1.65. The minimum Gasteiger partial charge on any atom is -0.237 e. The van der Waals surface area contributed by atoms with Crippen LogP contribution in [0.15, 0.2) is 24.4 Å². The van der Waals surface area contributed by atoms with Crippen molar-refractivity contribution in [1.29, 1.82) is 0 Å². The average molecular weight is 214 g/mol. The van der Waals surface area contributed by atoms with E-state index in [1.54, 1.807) is 0 Å². The molecule has 3 rings (SSSR count). The van der Waals surface area contributed by atoms with Gasteiger partial charge in [0.25, 0.3) is 0 Å². The molecule has 0 saturated heterocycles. The van der Waals surface area contributed by atoms with Crippen molar-refractivity contribution in [2.75, 3.05) is 0 Å². The molecule has 0 fully saturated rings. The van der Waals surface area contributed by atoms with Gasteiger partial charge in [-0.25, -0.2) is 4.52 Å². The summed E-state index contributed by atoms with van der Waals surface area (Å²) < 4.78 is 2.12. The lowest BCUT2D eigenvalue weighted by Crippen LogP contribution is -2.19. The number of hydrogen-bond donors (Lipinski definition) is 0. The first-order valence-corrected chi connectivity index (χ1v) is 5.90. The summed E-state index contributed by atoms with van der Waals surface area (Å²) in [6, 6.07) is 6.53. The zero-order valence-electron chi connectivity index (χ0n) is 10.4. The van der Waals surface area contributed by atoms with Gasteiger partial charge in [0.2, 0.25) is 0 Å². The molecule has 0 amide bonds. The van der Waals surface area contributed by atoms with Gasteiger partial charge in [0.1, 0.15) is 0 Å². The highest BCUT2D eigenvalue weighted by Crippen LogP contribution is 2.48. The first-order valence-electron chi connectivity index (χ1n) is 5.90. The topological polar surface area (TPSA) is 17.3 Å². The van der Waals surface area contributed by atoms with Crippen molar-refractivity contribution in [2.24, 2.45) is 0 Å². The molecule has 0 saturated carbocycles. The van der Waals surface area contributed by atoms with Crippen molar-refractivity contribution in [1.82, 2.24) is 9.61 Å². The van der Waals surface area contributed by atoms with Crippen molar-refractivity contribution >= 4 is 5.52 Å². The second-order valence-corrected chi connectivity index (χ2v) is 6.21. The molecular formula is C14H18N2.